The Labute approximate surface area is 95.6 Å². The highest BCUT2D eigenvalue weighted by Gasteiger charge is 2.23. The zero-order valence-corrected chi connectivity index (χ0v) is 9.28. The minimum absolute atomic E-state index is 0.280. The van der Waals surface area contributed by atoms with Gasteiger partial charge < -0.3 is 5.32 Å². The molecule has 0 bridgehead atoms. The van der Waals surface area contributed by atoms with E-state index in [9.17, 15) is 22.4 Å². The number of hydrogen-bond donors (Lipinski definition) is 1. The molecule has 0 aliphatic heterocycles. The fourth-order valence-electron chi connectivity index (χ4n) is 1.14. The number of amides is 1. The zero-order chi connectivity index (χ0) is 13.2. The second-order valence-corrected chi connectivity index (χ2v) is 3.63. The highest BCUT2D eigenvalue weighted by Crippen LogP contribution is 2.18. The van der Waals surface area contributed by atoms with Crippen molar-refractivity contribution in [2.75, 3.05) is 0 Å². The molecule has 0 saturated carbocycles. The quantitative estimate of drug-likeness (QED) is 0.498. The lowest BCUT2D eigenvalue weighted by Crippen LogP contribution is -2.33. The van der Waals surface area contributed by atoms with Crippen molar-refractivity contribution in [3.05, 3.63) is 34.9 Å². The molecule has 0 saturated heterocycles. The maximum atomic E-state index is 13.2. The molecule has 1 aromatic carbocycles. The van der Waals surface area contributed by atoms with E-state index < -0.39 is 34.7 Å². The van der Waals surface area contributed by atoms with Gasteiger partial charge in [0, 0.05) is 6.04 Å². The van der Waals surface area contributed by atoms with Gasteiger partial charge in [-0.05, 0) is 19.4 Å². The first-order valence-electron chi connectivity index (χ1n) is 5.02. The van der Waals surface area contributed by atoms with Crippen molar-refractivity contribution in [2.24, 2.45) is 0 Å². The van der Waals surface area contributed by atoms with Gasteiger partial charge in [0.1, 0.15) is 0 Å². The summed E-state index contributed by atoms with van der Waals surface area (Å²) in [6.45, 7) is 3.42. The summed E-state index contributed by atoms with van der Waals surface area (Å²) in [6.07, 6.45) is 0.569. The van der Waals surface area contributed by atoms with Crippen LogP contribution in [0.1, 0.15) is 30.6 Å². The monoisotopic (exact) mass is 249 g/mol. The first kappa shape index (κ1) is 13.5. The summed E-state index contributed by atoms with van der Waals surface area (Å²) in [5.41, 5.74) is -0.846. The summed E-state index contributed by atoms with van der Waals surface area (Å²) in [5.74, 6) is -8.18. The van der Waals surface area contributed by atoms with Gasteiger partial charge in [-0.1, -0.05) is 6.92 Å². The molecule has 1 rings (SSSR count). The van der Waals surface area contributed by atoms with Crippen molar-refractivity contribution in [3.8, 4) is 0 Å². The van der Waals surface area contributed by atoms with Crippen LogP contribution >= 0.6 is 0 Å². The number of hydrogen-bond acceptors (Lipinski definition) is 1. The predicted molar refractivity (Wildman–Crippen MR) is 53.5 cm³/mol. The Morgan fingerprint density at radius 3 is 2.35 bits per heavy atom. The highest BCUT2D eigenvalue weighted by atomic mass is 19.2. The summed E-state index contributed by atoms with van der Waals surface area (Å²) < 4.78 is 51.5. The molecule has 0 aromatic heterocycles. The van der Waals surface area contributed by atoms with Gasteiger partial charge >= 0.3 is 0 Å². The van der Waals surface area contributed by atoms with Gasteiger partial charge in [0.2, 0.25) is 0 Å². The van der Waals surface area contributed by atoms with E-state index in [0.717, 1.165) is 0 Å². The lowest BCUT2D eigenvalue weighted by molar-refractivity contribution is 0.0933. The van der Waals surface area contributed by atoms with Gasteiger partial charge in [0.05, 0.1) is 5.56 Å². The average Bonchev–Trinajstić information content (AvgIpc) is 2.30. The number of rotatable bonds is 3. The number of nitrogens with one attached hydrogen (secondary N) is 1. The lowest BCUT2D eigenvalue weighted by atomic mass is 10.1. The minimum atomic E-state index is -1.99. The van der Waals surface area contributed by atoms with E-state index in [1.165, 1.54) is 0 Å². The molecule has 2 nitrogen and oxygen atoms in total. The SMILES string of the molecule is CC[C@@H](C)NC(=O)c1cc(F)c(F)c(F)c1F. The van der Waals surface area contributed by atoms with Crippen molar-refractivity contribution in [1.29, 1.82) is 0 Å². The van der Waals surface area contributed by atoms with E-state index in [0.29, 0.717) is 12.5 Å². The Hall–Kier alpha value is -1.59. The Bertz CT molecular complexity index is 448. The van der Waals surface area contributed by atoms with Crippen LogP contribution in [0.4, 0.5) is 17.6 Å². The summed E-state index contributed by atoms with van der Waals surface area (Å²) >= 11 is 0. The molecule has 1 N–H and O–H groups in total. The van der Waals surface area contributed by atoms with Crippen LogP contribution in [0.25, 0.3) is 0 Å². The Morgan fingerprint density at radius 2 is 1.82 bits per heavy atom. The fourth-order valence-corrected chi connectivity index (χ4v) is 1.14. The van der Waals surface area contributed by atoms with Crippen LogP contribution < -0.4 is 5.32 Å². The molecule has 1 atom stereocenters. The highest BCUT2D eigenvalue weighted by molar-refractivity contribution is 5.94. The van der Waals surface area contributed by atoms with E-state index in [-0.39, 0.29) is 6.04 Å². The molecular weight excluding hydrogens is 238 g/mol. The second-order valence-electron chi connectivity index (χ2n) is 3.63. The first-order chi connectivity index (χ1) is 7.88. The molecule has 94 valence electrons. The third kappa shape index (κ3) is 2.75. The van der Waals surface area contributed by atoms with Gasteiger partial charge in [-0.2, -0.15) is 0 Å². The largest absolute Gasteiger partial charge is 0.350 e. The van der Waals surface area contributed by atoms with Crippen molar-refractivity contribution >= 4 is 5.91 Å². The number of carbonyl (C=O) groups is 1. The number of benzene rings is 1. The smallest absolute Gasteiger partial charge is 0.254 e. The van der Waals surface area contributed by atoms with Gasteiger partial charge in [-0.3, -0.25) is 4.79 Å². The summed E-state index contributed by atoms with van der Waals surface area (Å²) in [7, 11) is 0. The van der Waals surface area contributed by atoms with E-state index in [4.69, 9.17) is 0 Å². The van der Waals surface area contributed by atoms with Gasteiger partial charge in [0.15, 0.2) is 23.3 Å². The van der Waals surface area contributed by atoms with Crippen LogP contribution in [0.2, 0.25) is 0 Å². The standard InChI is InChI=1S/C11H11F4NO/c1-3-5(2)16-11(17)6-4-7(12)9(14)10(15)8(6)13/h4-5H,3H2,1-2H3,(H,16,17)/t5-/m1/s1. The van der Waals surface area contributed by atoms with Crippen LogP contribution in [-0.2, 0) is 0 Å². The second kappa shape index (κ2) is 5.16. The normalized spacial score (nSPS) is 12.4. The topological polar surface area (TPSA) is 29.1 Å². The zero-order valence-electron chi connectivity index (χ0n) is 9.28. The van der Waals surface area contributed by atoms with Crippen molar-refractivity contribution in [2.45, 2.75) is 26.3 Å². The molecule has 0 aliphatic carbocycles. The third-order valence-electron chi connectivity index (χ3n) is 2.34. The summed E-state index contributed by atoms with van der Waals surface area (Å²) in [5, 5.41) is 2.33. The van der Waals surface area contributed by atoms with Gasteiger partial charge in [-0.25, -0.2) is 17.6 Å². The average molecular weight is 249 g/mol. The Morgan fingerprint density at radius 1 is 1.24 bits per heavy atom. The summed E-state index contributed by atoms with van der Waals surface area (Å²) in [6, 6.07) is 0.0592. The van der Waals surface area contributed by atoms with Crippen LogP contribution in [0.5, 0.6) is 0 Å². The van der Waals surface area contributed by atoms with Gasteiger partial charge in [-0.15, -0.1) is 0 Å². The first-order valence-corrected chi connectivity index (χ1v) is 5.02. The van der Waals surface area contributed by atoms with E-state index in [1.54, 1.807) is 13.8 Å². The molecule has 0 unspecified atom stereocenters. The molecule has 0 fully saturated rings. The van der Waals surface area contributed by atoms with Crippen molar-refractivity contribution in [3.63, 3.8) is 0 Å². The molecule has 0 aliphatic rings. The maximum Gasteiger partial charge on any atom is 0.254 e. The van der Waals surface area contributed by atoms with Crippen LogP contribution in [0.15, 0.2) is 6.07 Å². The van der Waals surface area contributed by atoms with Crippen molar-refractivity contribution in [1.82, 2.24) is 5.32 Å². The number of carbonyl (C=O) groups excluding carboxylic acids is 1. The summed E-state index contributed by atoms with van der Waals surface area (Å²) in [4.78, 5) is 11.4. The third-order valence-corrected chi connectivity index (χ3v) is 2.34. The van der Waals surface area contributed by atoms with Crippen molar-refractivity contribution < 1.29 is 22.4 Å². The molecule has 6 heteroatoms. The molecule has 1 aromatic rings. The molecule has 0 spiro atoms. The van der Waals surface area contributed by atoms with E-state index >= 15 is 0 Å². The lowest BCUT2D eigenvalue weighted by Gasteiger charge is -2.12. The molecule has 0 radical (unpaired) electrons. The number of halogens is 4. The van der Waals surface area contributed by atoms with Gasteiger partial charge in [0.25, 0.3) is 5.91 Å². The van der Waals surface area contributed by atoms with Crippen LogP contribution in [-0.4, -0.2) is 11.9 Å². The van der Waals surface area contributed by atoms with Crippen LogP contribution in [0.3, 0.4) is 0 Å². The Balaban J connectivity index is 3.11. The minimum Gasteiger partial charge on any atom is -0.350 e. The van der Waals surface area contributed by atoms with E-state index in [2.05, 4.69) is 5.32 Å². The Kier molecular flexibility index (Phi) is 4.09. The maximum absolute atomic E-state index is 13.2. The predicted octanol–water partition coefficient (Wildman–Crippen LogP) is 2.77. The van der Waals surface area contributed by atoms with Crippen LogP contribution in [0, 0.1) is 23.3 Å². The molecule has 1 amide bonds. The molecular formula is C11H11F4NO. The molecule has 0 heterocycles. The van der Waals surface area contributed by atoms with E-state index in [1.807, 2.05) is 0 Å². The fraction of sp³-hybridized carbons (Fsp3) is 0.364. The molecule has 17 heavy (non-hydrogen) atoms.